The summed E-state index contributed by atoms with van der Waals surface area (Å²) in [7, 11) is 1.94. The summed E-state index contributed by atoms with van der Waals surface area (Å²) in [6.07, 6.45) is 4.94. The number of hydrogen-bond acceptors (Lipinski definition) is 4. The molecule has 6 nitrogen and oxygen atoms in total. The van der Waals surface area contributed by atoms with Gasteiger partial charge in [0.15, 0.2) is 0 Å². The number of nitrogens with one attached hydrogen (secondary N) is 1. The predicted molar refractivity (Wildman–Crippen MR) is 58.7 cm³/mol. The number of aromatic nitrogens is 3. The maximum absolute atomic E-state index is 11.8. The minimum atomic E-state index is 0.202. The topological polar surface area (TPSA) is 63.1 Å². The summed E-state index contributed by atoms with van der Waals surface area (Å²) in [5, 5.41) is 10.7. The quantitative estimate of drug-likeness (QED) is 0.746. The van der Waals surface area contributed by atoms with Crippen LogP contribution in [0.25, 0.3) is 0 Å². The fraction of sp³-hybridized carbons (Fsp3) is 0.700. The van der Waals surface area contributed by atoms with Gasteiger partial charge in [-0.15, -0.1) is 5.10 Å². The summed E-state index contributed by atoms with van der Waals surface area (Å²) in [4.78, 5) is 13.8. The van der Waals surface area contributed by atoms with Gasteiger partial charge in [0.05, 0.1) is 12.7 Å². The average Bonchev–Trinajstić information content (AvgIpc) is 2.96. The molecule has 1 fully saturated rings. The average molecular weight is 223 g/mol. The molecule has 0 aromatic carbocycles. The van der Waals surface area contributed by atoms with Crippen molar-refractivity contribution in [3.8, 4) is 0 Å². The van der Waals surface area contributed by atoms with Crippen molar-refractivity contribution in [2.45, 2.75) is 25.4 Å². The molecule has 1 amide bonds. The van der Waals surface area contributed by atoms with E-state index in [0.717, 1.165) is 19.5 Å². The highest BCUT2D eigenvalue weighted by Gasteiger charge is 2.24. The summed E-state index contributed by atoms with van der Waals surface area (Å²) in [6.45, 7) is 2.30. The molecule has 0 radical (unpaired) electrons. The number of nitrogens with zero attached hydrogens (tertiary/aromatic N) is 4. The highest BCUT2D eigenvalue weighted by atomic mass is 16.2. The number of hydrogen-bond donors (Lipinski definition) is 1. The number of rotatable bonds is 4. The van der Waals surface area contributed by atoms with Crippen LogP contribution in [0.1, 0.15) is 12.8 Å². The van der Waals surface area contributed by atoms with E-state index in [-0.39, 0.29) is 5.91 Å². The van der Waals surface area contributed by atoms with Gasteiger partial charge in [0.2, 0.25) is 5.91 Å². The monoisotopic (exact) mass is 223 g/mol. The van der Waals surface area contributed by atoms with Crippen LogP contribution in [0.2, 0.25) is 0 Å². The number of likely N-dealkylation sites (N-methyl/N-ethyl adjacent to an activating group) is 1. The van der Waals surface area contributed by atoms with Crippen molar-refractivity contribution in [2.24, 2.45) is 0 Å². The zero-order valence-corrected chi connectivity index (χ0v) is 9.46. The highest BCUT2D eigenvalue weighted by Crippen LogP contribution is 2.10. The minimum absolute atomic E-state index is 0.202. The SMILES string of the molecule is CNC1CCN(C(=O)CCn2ccnn2)C1. The second-order valence-corrected chi connectivity index (χ2v) is 4.03. The lowest BCUT2D eigenvalue weighted by molar-refractivity contribution is -0.130. The molecule has 1 aliphatic rings. The molecule has 16 heavy (non-hydrogen) atoms. The van der Waals surface area contributed by atoms with Gasteiger partial charge in [-0.1, -0.05) is 5.21 Å². The normalized spacial score (nSPS) is 20.3. The maximum Gasteiger partial charge on any atom is 0.224 e. The van der Waals surface area contributed by atoms with E-state index in [0.29, 0.717) is 19.0 Å². The van der Waals surface area contributed by atoms with E-state index in [2.05, 4.69) is 15.6 Å². The lowest BCUT2D eigenvalue weighted by Gasteiger charge is -2.16. The van der Waals surface area contributed by atoms with Crippen molar-refractivity contribution < 1.29 is 4.79 Å². The van der Waals surface area contributed by atoms with Gasteiger partial charge in [-0.3, -0.25) is 9.48 Å². The third kappa shape index (κ3) is 2.57. The Labute approximate surface area is 94.6 Å². The van der Waals surface area contributed by atoms with Crippen molar-refractivity contribution >= 4 is 5.91 Å². The second kappa shape index (κ2) is 5.07. The van der Waals surface area contributed by atoms with Gasteiger partial charge in [0.1, 0.15) is 0 Å². The highest BCUT2D eigenvalue weighted by molar-refractivity contribution is 5.76. The van der Waals surface area contributed by atoms with Crippen LogP contribution in [0.4, 0.5) is 0 Å². The van der Waals surface area contributed by atoms with E-state index < -0.39 is 0 Å². The lowest BCUT2D eigenvalue weighted by Crippen LogP contribution is -2.33. The molecule has 1 unspecified atom stereocenters. The standard InChI is InChI=1S/C10H17N5O/c1-11-9-2-5-14(8-9)10(16)3-6-15-7-4-12-13-15/h4,7,9,11H,2-3,5-6,8H2,1H3. The van der Waals surface area contributed by atoms with Gasteiger partial charge in [-0.05, 0) is 13.5 Å². The number of aryl methyl sites for hydroxylation is 1. The van der Waals surface area contributed by atoms with E-state index >= 15 is 0 Å². The van der Waals surface area contributed by atoms with Crippen molar-refractivity contribution in [1.82, 2.24) is 25.2 Å². The third-order valence-corrected chi connectivity index (χ3v) is 2.98. The first-order valence-electron chi connectivity index (χ1n) is 5.58. The molecule has 1 saturated heterocycles. The lowest BCUT2D eigenvalue weighted by atomic mass is 10.3. The first-order valence-corrected chi connectivity index (χ1v) is 5.58. The summed E-state index contributed by atoms with van der Waals surface area (Å²) >= 11 is 0. The van der Waals surface area contributed by atoms with Crippen LogP contribution < -0.4 is 5.32 Å². The van der Waals surface area contributed by atoms with Crippen LogP contribution in [0.3, 0.4) is 0 Å². The molecular formula is C10H17N5O. The molecule has 0 spiro atoms. The van der Waals surface area contributed by atoms with Gasteiger partial charge in [0, 0.05) is 31.7 Å². The summed E-state index contributed by atoms with van der Waals surface area (Å²) < 4.78 is 1.68. The van der Waals surface area contributed by atoms with E-state index in [1.165, 1.54) is 0 Å². The van der Waals surface area contributed by atoms with Crippen LogP contribution in [-0.4, -0.2) is 52.0 Å². The van der Waals surface area contributed by atoms with E-state index in [1.807, 2.05) is 11.9 Å². The van der Waals surface area contributed by atoms with Crippen molar-refractivity contribution in [3.05, 3.63) is 12.4 Å². The summed E-state index contributed by atoms with van der Waals surface area (Å²) in [6, 6.07) is 0.454. The second-order valence-electron chi connectivity index (χ2n) is 4.03. The molecule has 1 N–H and O–H groups in total. The fourth-order valence-corrected chi connectivity index (χ4v) is 1.94. The van der Waals surface area contributed by atoms with Gasteiger partial charge in [0.25, 0.3) is 0 Å². The predicted octanol–water partition coefficient (Wildman–Crippen LogP) is -0.512. The molecule has 1 aromatic rings. The zero-order valence-electron chi connectivity index (χ0n) is 9.46. The molecule has 1 aliphatic heterocycles. The zero-order chi connectivity index (χ0) is 11.4. The van der Waals surface area contributed by atoms with Crippen molar-refractivity contribution in [3.63, 3.8) is 0 Å². The van der Waals surface area contributed by atoms with E-state index in [1.54, 1.807) is 17.1 Å². The maximum atomic E-state index is 11.8. The van der Waals surface area contributed by atoms with Crippen molar-refractivity contribution in [2.75, 3.05) is 20.1 Å². The van der Waals surface area contributed by atoms with Crippen molar-refractivity contribution in [1.29, 1.82) is 0 Å². The van der Waals surface area contributed by atoms with Crippen LogP contribution in [-0.2, 0) is 11.3 Å². The number of carbonyl (C=O) groups excluding carboxylic acids is 1. The molecule has 2 heterocycles. The molecule has 0 saturated carbocycles. The Kier molecular flexibility index (Phi) is 3.51. The Morgan fingerprint density at radius 3 is 3.12 bits per heavy atom. The van der Waals surface area contributed by atoms with Crippen LogP contribution in [0.15, 0.2) is 12.4 Å². The van der Waals surface area contributed by atoms with Gasteiger partial charge >= 0.3 is 0 Å². The molecule has 88 valence electrons. The molecule has 1 aromatic heterocycles. The molecule has 0 aliphatic carbocycles. The van der Waals surface area contributed by atoms with Crippen LogP contribution in [0, 0.1) is 0 Å². The Hall–Kier alpha value is -1.43. The Morgan fingerprint density at radius 2 is 2.50 bits per heavy atom. The summed E-state index contributed by atoms with van der Waals surface area (Å²) in [5.41, 5.74) is 0. The smallest absolute Gasteiger partial charge is 0.224 e. The summed E-state index contributed by atoms with van der Waals surface area (Å²) in [5.74, 6) is 0.202. The van der Waals surface area contributed by atoms with Gasteiger partial charge in [-0.2, -0.15) is 0 Å². The third-order valence-electron chi connectivity index (χ3n) is 2.98. The van der Waals surface area contributed by atoms with Gasteiger partial charge < -0.3 is 10.2 Å². The number of likely N-dealkylation sites (tertiary alicyclic amines) is 1. The Morgan fingerprint density at radius 1 is 1.62 bits per heavy atom. The molecular weight excluding hydrogens is 206 g/mol. The van der Waals surface area contributed by atoms with Gasteiger partial charge in [-0.25, -0.2) is 0 Å². The largest absolute Gasteiger partial charge is 0.341 e. The Bertz CT molecular complexity index is 337. The number of carbonyl (C=O) groups is 1. The first-order chi connectivity index (χ1) is 7.79. The van der Waals surface area contributed by atoms with E-state index in [4.69, 9.17) is 0 Å². The first kappa shape index (κ1) is 11.1. The van der Waals surface area contributed by atoms with Crippen LogP contribution in [0.5, 0.6) is 0 Å². The molecule has 1 atom stereocenters. The minimum Gasteiger partial charge on any atom is -0.341 e. The Balaban J connectivity index is 1.76. The van der Waals surface area contributed by atoms with Crippen LogP contribution >= 0.6 is 0 Å². The molecule has 0 bridgehead atoms. The fourth-order valence-electron chi connectivity index (χ4n) is 1.94. The molecule has 2 rings (SSSR count). The van der Waals surface area contributed by atoms with E-state index in [9.17, 15) is 4.79 Å². The molecule has 6 heteroatoms. The number of amides is 1.